The van der Waals surface area contributed by atoms with Gasteiger partial charge in [0.15, 0.2) is 18.1 Å². The molecule has 2 N–H and O–H groups in total. The summed E-state index contributed by atoms with van der Waals surface area (Å²) in [7, 11) is 0. The van der Waals surface area contributed by atoms with Gasteiger partial charge < -0.3 is 24.4 Å². The standard InChI is InChI=1S/C20H16F3NO6/c1-2-27-13-5-3-4-6-14(13)29-18-17(26)12-8-7-11(28-10-16(24)25)9-15(12)30-19(18)20(21,22)23/h3-9H,2,10H2,1H3,(H2,24,25). The third-order valence-electron chi connectivity index (χ3n) is 3.82. The lowest BCUT2D eigenvalue weighted by Crippen LogP contribution is -2.20. The van der Waals surface area contributed by atoms with Gasteiger partial charge in [0, 0.05) is 6.07 Å². The van der Waals surface area contributed by atoms with Gasteiger partial charge in [-0.2, -0.15) is 13.2 Å². The Hall–Kier alpha value is -3.69. The molecule has 0 bridgehead atoms. The molecule has 0 unspecified atom stereocenters. The molecule has 3 aromatic rings. The second-order valence-corrected chi connectivity index (χ2v) is 5.98. The minimum atomic E-state index is -5.02. The summed E-state index contributed by atoms with van der Waals surface area (Å²) in [6.45, 7) is 1.45. The van der Waals surface area contributed by atoms with Gasteiger partial charge in [-0.25, -0.2) is 0 Å². The van der Waals surface area contributed by atoms with Crippen LogP contribution in [0.15, 0.2) is 51.7 Å². The van der Waals surface area contributed by atoms with Gasteiger partial charge in [0.1, 0.15) is 11.3 Å². The van der Waals surface area contributed by atoms with Crippen molar-refractivity contribution in [1.82, 2.24) is 0 Å². The van der Waals surface area contributed by atoms with Crippen molar-refractivity contribution in [3.63, 3.8) is 0 Å². The van der Waals surface area contributed by atoms with Gasteiger partial charge in [-0.3, -0.25) is 9.59 Å². The number of benzene rings is 2. The predicted octanol–water partition coefficient (Wildman–Crippen LogP) is 3.87. The van der Waals surface area contributed by atoms with Crippen LogP contribution in [0, 0.1) is 0 Å². The Kier molecular flexibility index (Phi) is 5.86. The van der Waals surface area contributed by atoms with Crippen molar-refractivity contribution in [3.05, 3.63) is 58.4 Å². The highest BCUT2D eigenvalue weighted by Gasteiger charge is 2.40. The number of primary amides is 1. The Morgan fingerprint density at radius 2 is 1.80 bits per heavy atom. The number of carbonyl (C=O) groups excluding carboxylic acids is 1. The van der Waals surface area contributed by atoms with Crippen LogP contribution < -0.4 is 25.4 Å². The Balaban J connectivity index is 2.14. The first-order valence-electron chi connectivity index (χ1n) is 8.69. The molecule has 7 nitrogen and oxygen atoms in total. The van der Waals surface area contributed by atoms with Crippen LogP contribution >= 0.6 is 0 Å². The lowest BCUT2D eigenvalue weighted by atomic mass is 10.2. The van der Waals surface area contributed by atoms with E-state index in [1.54, 1.807) is 13.0 Å². The van der Waals surface area contributed by atoms with Crippen LogP contribution in [0.5, 0.6) is 23.0 Å². The normalized spacial score (nSPS) is 11.3. The molecule has 0 aliphatic carbocycles. The second-order valence-electron chi connectivity index (χ2n) is 5.98. The van der Waals surface area contributed by atoms with Gasteiger partial charge in [0.05, 0.1) is 12.0 Å². The fraction of sp³-hybridized carbons (Fsp3) is 0.200. The Labute approximate surface area is 167 Å². The van der Waals surface area contributed by atoms with Gasteiger partial charge in [-0.1, -0.05) is 12.1 Å². The van der Waals surface area contributed by atoms with Crippen LogP contribution in [0.25, 0.3) is 11.0 Å². The maximum atomic E-state index is 13.6. The fourth-order valence-electron chi connectivity index (χ4n) is 2.60. The summed E-state index contributed by atoms with van der Waals surface area (Å²) in [5, 5.41) is -0.168. The average molecular weight is 423 g/mol. The molecule has 30 heavy (non-hydrogen) atoms. The maximum absolute atomic E-state index is 13.6. The minimum Gasteiger partial charge on any atom is -0.490 e. The zero-order valence-corrected chi connectivity index (χ0v) is 15.6. The zero-order valence-electron chi connectivity index (χ0n) is 15.6. The molecule has 0 aliphatic heterocycles. The van der Waals surface area contributed by atoms with Crippen LogP contribution in [0.3, 0.4) is 0 Å². The second kappa shape index (κ2) is 8.36. The number of para-hydroxylation sites is 2. The molecule has 0 saturated carbocycles. The van der Waals surface area contributed by atoms with E-state index in [0.29, 0.717) is 0 Å². The maximum Gasteiger partial charge on any atom is 0.453 e. The van der Waals surface area contributed by atoms with E-state index in [1.807, 2.05) is 0 Å². The van der Waals surface area contributed by atoms with E-state index in [4.69, 9.17) is 24.4 Å². The summed E-state index contributed by atoms with van der Waals surface area (Å²) in [5.41, 5.74) is 3.55. The van der Waals surface area contributed by atoms with Gasteiger partial charge in [-0.15, -0.1) is 0 Å². The molecule has 0 spiro atoms. The first kappa shape index (κ1) is 21.0. The molecule has 1 heterocycles. The molecule has 0 saturated heterocycles. The smallest absolute Gasteiger partial charge is 0.453 e. The zero-order chi connectivity index (χ0) is 21.9. The summed E-state index contributed by atoms with van der Waals surface area (Å²) in [6, 6.07) is 9.57. The Morgan fingerprint density at radius 1 is 1.10 bits per heavy atom. The summed E-state index contributed by atoms with van der Waals surface area (Å²) < 4.78 is 61.5. The number of carbonyl (C=O) groups is 1. The summed E-state index contributed by atoms with van der Waals surface area (Å²) in [6.07, 6.45) is -5.02. The molecule has 0 fully saturated rings. The van der Waals surface area contributed by atoms with Crippen molar-refractivity contribution in [2.75, 3.05) is 13.2 Å². The Bertz CT molecular complexity index is 1140. The van der Waals surface area contributed by atoms with Gasteiger partial charge >= 0.3 is 6.18 Å². The summed E-state index contributed by atoms with van der Waals surface area (Å²) in [5.74, 6) is -3.30. The third-order valence-corrected chi connectivity index (χ3v) is 3.82. The molecule has 158 valence electrons. The van der Waals surface area contributed by atoms with Gasteiger partial charge in [-0.05, 0) is 31.2 Å². The van der Waals surface area contributed by atoms with E-state index in [-0.39, 0.29) is 34.8 Å². The van der Waals surface area contributed by atoms with Crippen molar-refractivity contribution in [1.29, 1.82) is 0 Å². The van der Waals surface area contributed by atoms with Crippen LogP contribution in [0.1, 0.15) is 12.7 Å². The number of alkyl halides is 3. The van der Waals surface area contributed by atoms with E-state index in [1.165, 1.54) is 30.3 Å². The number of amides is 1. The number of halogens is 3. The predicted molar refractivity (Wildman–Crippen MR) is 99.9 cm³/mol. The molecule has 0 atom stereocenters. The number of hydrogen-bond donors (Lipinski definition) is 1. The average Bonchev–Trinajstić information content (AvgIpc) is 2.69. The van der Waals surface area contributed by atoms with Crippen LogP contribution in [0.4, 0.5) is 13.2 Å². The highest BCUT2D eigenvalue weighted by molar-refractivity contribution is 5.80. The van der Waals surface area contributed by atoms with Gasteiger partial charge in [0.25, 0.3) is 11.7 Å². The first-order chi connectivity index (χ1) is 14.2. The van der Waals surface area contributed by atoms with Crippen molar-refractivity contribution in [2.45, 2.75) is 13.1 Å². The van der Waals surface area contributed by atoms with Crippen LogP contribution in [-0.4, -0.2) is 19.1 Å². The SMILES string of the molecule is CCOc1ccccc1Oc1c(C(F)(F)F)oc2cc(OCC(N)=O)ccc2c1=O. The van der Waals surface area contributed by atoms with Gasteiger partial charge in [0.2, 0.25) is 11.2 Å². The molecule has 1 aromatic heterocycles. The number of rotatable bonds is 7. The van der Waals surface area contributed by atoms with E-state index in [9.17, 15) is 22.8 Å². The molecule has 10 heteroatoms. The number of ether oxygens (including phenoxy) is 3. The number of hydrogen-bond acceptors (Lipinski definition) is 6. The van der Waals surface area contributed by atoms with Crippen molar-refractivity contribution >= 4 is 16.9 Å². The van der Waals surface area contributed by atoms with Crippen LogP contribution in [-0.2, 0) is 11.0 Å². The minimum absolute atomic E-state index is 0.00735. The lowest BCUT2D eigenvalue weighted by molar-refractivity contribution is -0.154. The Morgan fingerprint density at radius 3 is 2.43 bits per heavy atom. The number of fused-ring (bicyclic) bond motifs is 1. The van der Waals surface area contributed by atoms with Crippen molar-refractivity contribution in [2.24, 2.45) is 5.73 Å². The lowest BCUT2D eigenvalue weighted by Gasteiger charge is -2.15. The van der Waals surface area contributed by atoms with E-state index in [0.717, 1.165) is 6.07 Å². The molecule has 0 radical (unpaired) electrons. The molecule has 1 amide bonds. The van der Waals surface area contributed by atoms with E-state index < -0.39 is 35.6 Å². The largest absolute Gasteiger partial charge is 0.490 e. The third kappa shape index (κ3) is 4.48. The summed E-state index contributed by atoms with van der Waals surface area (Å²) >= 11 is 0. The van der Waals surface area contributed by atoms with Crippen LogP contribution in [0.2, 0.25) is 0 Å². The van der Waals surface area contributed by atoms with Crippen molar-refractivity contribution < 1.29 is 36.6 Å². The summed E-state index contributed by atoms with van der Waals surface area (Å²) in [4.78, 5) is 23.6. The molecule has 2 aromatic carbocycles. The monoisotopic (exact) mass is 423 g/mol. The van der Waals surface area contributed by atoms with E-state index in [2.05, 4.69) is 0 Å². The van der Waals surface area contributed by atoms with E-state index >= 15 is 0 Å². The highest BCUT2D eigenvalue weighted by Crippen LogP contribution is 2.40. The highest BCUT2D eigenvalue weighted by atomic mass is 19.4. The molecule has 0 aliphatic rings. The fourth-order valence-corrected chi connectivity index (χ4v) is 2.60. The number of nitrogens with two attached hydrogens (primary N) is 1. The topological polar surface area (TPSA) is 101 Å². The molecular formula is C20H16F3NO6. The molecular weight excluding hydrogens is 407 g/mol. The first-order valence-corrected chi connectivity index (χ1v) is 8.69. The quantitative estimate of drug-likeness (QED) is 0.619. The van der Waals surface area contributed by atoms with Crippen molar-refractivity contribution in [3.8, 4) is 23.0 Å². The molecule has 3 rings (SSSR count).